The highest BCUT2D eigenvalue weighted by Crippen LogP contribution is 2.34. The lowest BCUT2D eigenvalue weighted by Crippen LogP contribution is -2.38. The average Bonchev–Trinajstić information content (AvgIpc) is 2.90. The molecule has 0 N–H and O–H groups in total. The zero-order valence-corrected chi connectivity index (χ0v) is 12.5. The molecule has 2 aromatic rings. The molecule has 0 bridgehead atoms. The monoisotopic (exact) mass is 337 g/mol. The largest absolute Gasteiger partial charge is 0.489 e. The normalized spacial score (nSPS) is 13.8. The Morgan fingerprint density at radius 3 is 3.11 bits per heavy atom. The van der Waals surface area contributed by atoms with E-state index in [1.54, 1.807) is 11.3 Å². The summed E-state index contributed by atoms with van der Waals surface area (Å²) >= 11 is 5.03. The van der Waals surface area contributed by atoms with Crippen molar-refractivity contribution < 1.29 is 9.53 Å². The minimum Gasteiger partial charge on any atom is -0.489 e. The molecule has 0 fully saturated rings. The molecular formula is C14H12BrNO2S. The van der Waals surface area contributed by atoms with Crippen molar-refractivity contribution in [2.75, 3.05) is 18.1 Å². The van der Waals surface area contributed by atoms with Crippen LogP contribution in [-0.4, -0.2) is 19.1 Å². The highest BCUT2D eigenvalue weighted by Gasteiger charge is 2.23. The third-order valence-corrected chi connectivity index (χ3v) is 4.36. The maximum atomic E-state index is 12.4. The van der Waals surface area contributed by atoms with E-state index in [2.05, 4.69) is 15.9 Å². The second-order valence-corrected chi connectivity index (χ2v) is 6.21. The Morgan fingerprint density at radius 1 is 1.42 bits per heavy atom. The number of carbonyl (C=O) groups excluding carboxylic acids is 1. The quantitative estimate of drug-likeness (QED) is 0.839. The first-order valence-electron chi connectivity index (χ1n) is 5.99. The minimum atomic E-state index is 0.120. The fourth-order valence-electron chi connectivity index (χ4n) is 2.11. The van der Waals surface area contributed by atoms with Crippen LogP contribution in [-0.2, 0) is 11.2 Å². The van der Waals surface area contributed by atoms with Crippen LogP contribution in [0.3, 0.4) is 0 Å². The summed E-state index contributed by atoms with van der Waals surface area (Å²) in [6.45, 7) is 1.15. The van der Waals surface area contributed by atoms with E-state index in [-0.39, 0.29) is 5.91 Å². The fraction of sp³-hybridized carbons (Fsp3) is 0.214. The molecule has 3 nitrogen and oxygen atoms in total. The van der Waals surface area contributed by atoms with E-state index >= 15 is 0 Å². The molecular weight excluding hydrogens is 326 g/mol. The number of hydrogen-bond acceptors (Lipinski definition) is 3. The number of ether oxygens (including phenoxy) is 1. The molecule has 0 radical (unpaired) electrons. The summed E-state index contributed by atoms with van der Waals surface area (Å²) < 4.78 is 6.56. The highest BCUT2D eigenvalue weighted by molar-refractivity contribution is 9.10. The first kappa shape index (κ1) is 12.7. The van der Waals surface area contributed by atoms with Gasteiger partial charge >= 0.3 is 0 Å². The SMILES string of the molecule is O=C(Cc1cccs1)N1CCOc2cc(Br)ccc21. The number of amides is 1. The Labute approximate surface area is 123 Å². The maximum absolute atomic E-state index is 12.4. The van der Waals surface area contributed by atoms with Gasteiger partial charge in [-0.15, -0.1) is 11.3 Å². The van der Waals surface area contributed by atoms with Gasteiger partial charge < -0.3 is 9.64 Å². The third kappa shape index (κ3) is 2.67. The van der Waals surface area contributed by atoms with Gasteiger partial charge in [0.15, 0.2) is 0 Å². The molecule has 0 saturated heterocycles. The smallest absolute Gasteiger partial charge is 0.232 e. The number of benzene rings is 1. The van der Waals surface area contributed by atoms with E-state index in [0.29, 0.717) is 19.6 Å². The lowest BCUT2D eigenvalue weighted by atomic mass is 10.2. The lowest BCUT2D eigenvalue weighted by molar-refractivity contribution is -0.118. The van der Waals surface area contributed by atoms with E-state index < -0.39 is 0 Å². The van der Waals surface area contributed by atoms with E-state index in [1.165, 1.54) is 0 Å². The third-order valence-electron chi connectivity index (χ3n) is 2.99. The van der Waals surface area contributed by atoms with Gasteiger partial charge in [0.1, 0.15) is 12.4 Å². The van der Waals surface area contributed by atoms with Crippen LogP contribution in [0.5, 0.6) is 5.75 Å². The van der Waals surface area contributed by atoms with Crippen LogP contribution in [0.1, 0.15) is 4.88 Å². The molecule has 1 aliphatic rings. The van der Waals surface area contributed by atoms with Crippen molar-refractivity contribution in [3.8, 4) is 5.75 Å². The molecule has 1 aliphatic heterocycles. The molecule has 5 heteroatoms. The molecule has 0 spiro atoms. The van der Waals surface area contributed by atoms with E-state index in [9.17, 15) is 4.79 Å². The number of rotatable bonds is 2. The van der Waals surface area contributed by atoms with Crippen LogP contribution in [0, 0.1) is 0 Å². The second-order valence-electron chi connectivity index (χ2n) is 4.26. The van der Waals surface area contributed by atoms with Crippen molar-refractivity contribution in [3.05, 3.63) is 45.1 Å². The highest BCUT2D eigenvalue weighted by atomic mass is 79.9. The summed E-state index contributed by atoms with van der Waals surface area (Å²) in [5, 5.41) is 1.99. The summed E-state index contributed by atoms with van der Waals surface area (Å²) in [5.74, 6) is 0.884. The average molecular weight is 338 g/mol. The number of halogens is 1. The molecule has 1 aromatic heterocycles. The molecule has 3 rings (SSSR count). The molecule has 0 saturated carbocycles. The van der Waals surface area contributed by atoms with E-state index in [1.807, 2.05) is 40.6 Å². The molecule has 1 aromatic carbocycles. The summed E-state index contributed by atoms with van der Waals surface area (Å²) in [6, 6.07) is 9.72. The predicted molar refractivity (Wildman–Crippen MR) is 80.0 cm³/mol. The summed E-state index contributed by atoms with van der Waals surface area (Å²) in [4.78, 5) is 15.3. The van der Waals surface area contributed by atoms with Gasteiger partial charge in [-0.05, 0) is 29.6 Å². The van der Waals surface area contributed by atoms with Crippen molar-refractivity contribution in [2.45, 2.75) is 6.42 Å². The van der Waals surface area contributed by atoms with Crippen molar-refractivity contribution in [1.82, 2.24) is 0 Å². The first-order valence-corrected chi connectivity index (χ1v) is 7.66. The second kappa shape index (κ2) is 5.35. The first-order chi connectivity index (χ1) is 9.24. The Hall–Kier alpha value is -1.33. The van der Waals surface area contributed by atoms with Crippen LogP contribution < -0.4 is 9.64 Å². The van der Waals surface area contributed by atoms with Gasteiger partial charge in [0.2, 0.25) is 5.91 Å². The predicted octanol–water partition coefficient (Wildman–Crippen LogP) is 3.48. The van der Waals surface area contributed by atoms with Crippen LogP contribution in [0.15, 0.2) is 40.2 Å². The van der Waals surface area contributed by atoms with E-state index in [4.69, 9.17) is 4.74 Å². The van der Waals surface area contributed by atoms with Gasteiger partial charge in [0, 0.05) is 9.35 Å². The van der Waals surface area contributed by atoms with Crippen LogP contribution in [0.4, 0.5) is 5.69 Å². The lowest BCUT2D eigenvalue weighted by Gasteiger charge is -2.29. The van der Waals surface area contributed by atoms with Crippen LogP contribution >= 0.6 is 27.3 Å². The molecule has 19 heavy (non-hydrogen) atoms. The van der Waals surface area contributed by atoms with Gasteiger partial charge in [-0.1, -0.05) is 22.0 Å². The van der Waals surface area contributed by atoms with Crippen LogP contribution in [0.2, 0.25) is 0 Å². The Morgan fingerprint density at radius 2 is 2.32 bits per heavy atom. The van der Waals surface area contributed by atoms with Crippen LogP contribution in [0.25, 0.3) is 0 Å². The standard InChI is InChI=1S/C14H12BrNO2S/c15-10-3-4-12-13(8-10)18-6-5-16(12)14(17)9-11-2-1-7-19-11/h1-4,7-8H,5-6,9H2. The molecule has 0 aliphatic carbocycles. The number of nitrogens with zero attached hydrogens (tertiary/aromatic N) is 1. The summed E-state index contributed by atoms with van der Waals surface area (Å²) in [7, 11) is 0. The Bertz CT molecular complexity index is 597. The molecule has 1 amide bonds. The summed E-state index contributed by atoms with van der Waals surface area (Å²) in [5.41, 5.74) is 0.857. The molecule has 0 unspecified atom stereocenters. The molecule has 0 atom stereocenters. The Kier molecular flexibility index (Phi) is 3.57. The number of hydrogen-bond donors (Lipinski definition) is 0. The molecule has 2 heterocycles. The maximum Gasteiger partial charge on any atom is 0.232 e. The number of anilines is 1. The van der Waals surface area contributed by atoms with E-state index in [0.717, 1.165) is 20.8 Å². The zero-order chi connectivity index (χ0) is 13.2. The number of fused-ring (bicyclic) bond motifs is 1. The fourth-order valence-corrected chi connectivity index (χ4v) is 3.15. The van der Waals surface area contributed by atoms with Crippen molar-refractivity contribution in [1.29, 1.82) is 0 Å². The van der Waals surface area contributed by atoms with Gasteiger partial charge in [0.05, 0.1) is 18.7 Å². The van der Waals surface area contributed by atoms with Gasteiger partial charge in [0.25, 0.3) is 0 Å². The summed E-state index contributed by atoms with van der Waals surface area (Å²) in [6.07, 6.45) is 0.452. The van der Waals surface area contributed by atoms with Gasteiger partial charge in [-0.2, -0.15) is 0 Å². The Balaban J connectivity index is 1.85. The number of carbonyl (C=O) groups is 1. The zero-order valence-electron chi connectivity index (χ0n) is 10.1. The topological polar surface area (TPSA) is 29.5 Å². The minimum absolute atomic E-state index is 0.120. The molecule has 98 valence electrons. The number of thiophene rings is 1. The van der Waals surface area contributed by atoms with Gasteiger partial charge in [-0.25, -0.2) is 0 Å². The van der Waals surface area contributed by atoms with Gasteiger partial charge in [-0.3, -0.25) is 4.79 Å². The van der Waals surface area contributed by atoms with Crippen molar-refractivity contribution in [2.24, 2.45) is 0 Å². The van der Waals surface area contributed by atoms with Crippen molar-refractivity contribution >= 4 is 38.9 Å². The van der Waals surface area contributed by atoms with Crippen molar-refractivity contribution in [3.63, 3.8) is 0 Å².